The summed E-state index contributed by atoms with van der Waals surface area (Å²) < 4.78 is 19.1. The SMILES string of the molecule is CC(CN1CC2CC(Oc3ccc(F)cc3)CC2C1)c1ccc(O)cc1. The van der Waals surface area contributed by atoms with Gasteiger partial charge in [-0.1, -0.05) is 19.1 Å². The van der Waals surface area contributed by atoms with Crippen LogP contribution in [0.15, 0.2) is 48.5 Å². The second-order valence-corrected chi connectivity index (χ2v) is 7.90. The molecule has 4 rings (SSSR count). The van der Waals surface area contributed by atoms with Crippen molar-refractivity contribution < 1.29 is 14.2 Å². The number of ether oxygens (including phenoxy) is 1. The van der Waals surface area contributed by atoms with Gasteiger partial charge in [0, 0.05) is 19.6 Å². The van der Waals surface area contributed by atoms with Gasteiger partial charge in [-0.25, -0.2) is 4.39 Å². The third kappa shape index (κ3) is 3.85. The van der Waals surface area contributed by atoms with Crippen LogP contribution >= 0.6 is 0 Å². The van der Waals surface area contributed by atoms with Crippen LogP contribution in [-0.2, 0) is 0 Å². The Labute approximate surface area is 154 Å². The lowest BCUT2D eigenvalue weighted by atomic mass is 10.0. The average molecular weight is 355 g/mol. The summed E-state index contributed by atoms with van der Waals surface area (Å²) in [5.41, 5.74) is 1.28. The molecule has 0 spiro atoms. The molecule has 0 aromatic heterocycles. The molecule has 138 valence electrons. The Morgan fingerprint density at radius 3 is 2.27 bits per heavy atom. The Balaban J connectivity index is 1.28. The van der Waals surface area contributed by atoms with Gasteiger partial charge < -0.3 is 14.7 Å². The molecule has 2 aliphatic rings. The molecule has 1 heterocycles. The van der Waals surface area contributed by atoms with E-state index in [4.69, 9.17) is 4.74 Å². The lowest BCUT2D eigenvalue weighted by Crippen LogP contribution is -2.28. The fourth-order valence-electron chi connectivity index (χ4n) is 4.59. The van der Waals surface area contributed by atoms with Crippen molar-refractivity contribution >= 4 is 0 Å². The van der Waals surface area contributed by atoms with Crippen LogP contribution < -0.4 is 4.74 Å². The second-order valence-electron chi connectivity index (χ2n) is 7.90. The largest absolute Gasteiger partial charge is 0.508 e. The number of hydrogen-bond donors (Lipinski definition) is 1. The van der Waals surface area contributed by atoms with Crippen LogP contribution in [0.1, 0.15) is 31.2 Å². The summed E-state index contributed by atoms with van der Waals surface area (Å²) in [7, 11) is 0. The van der Waals surface area contributed by atoms with Gasteiger partial charge in [-0.3, -0.25) is 0 Å². The van der Waals surface area contributed by atoms with Gasteiger partial charge in [0.15, 0.2) is 0 Å². The Morgan fingerprint density at radius 2 is 1.65 bits per heavy atom. The van der Waals surface area contributed by atoms with Gasteiger partial charge in [0.25, 0.3) is 0 Å². The molecule has 3 atom stereocenters. The number of fused-ring (bicyclic) bond motifs is 1. The molecule has 1 N–H and O–H groups in total. The molecule has 1 aliphatic heterocycles. The smallest absolute Gasteiger partial charge is 0.123 e. The third-order valence-electron chi connectivity index (χ3n) is 5.89. The Bertz CT molecular complexity index is 717. The Hall–Kier alpha value is -2.07. The zero-order valence-electron chi connectivity index (χ0n) is 15.1. The number of nitrogens with zero attached hydrogens (tertiary/aromatic N) is 1. The van der Waals surface area contributed by atoms with Crippen LogP contribution in [0.2, 0.25) is 0 Å². The molecule has 2 fully saturated rings. The number of phenols is 1. The number of hydrogen-bond acceptors (Lipinski definition) is 3. The van der Waals surface area contributed by atoms with Crippen molar-refractivity contribution in [2.45, 2.75) is 31.8 Å². The molecule has 1 aliphatic carbocycles. The molecule has 3 nitrogen and oxygen atoms in total. The molecule has 0 bridgehead atoms. The lowest BCUT2D eigenvalue weighted by molar-refractivity contribution is 0.184. The number of likely N-dealkylation sites (tertiary alicyclic amines) is 1. The highest BCUT2D eigenvalue weighted by Gasteiger charge is 2.41. The van der Waals surface area contributed by atoms with Crippen molar-refractivity contribution in [1.82, 2.24) is 4.90 Å². The van der Waals surface area contributed by atoms with Gasteiger partial charge in [-0.15, -0.1) is 0 Å². The second kappa shape index (κ2) is 7.28. The lowest BCUT2D eigenvalue weighted by Gasteiger charge is -2.23. The zero-order valence-corrected chi connectivity index (χ0v) is 15.1. The van der Waals surface area contributed by atoms with Gasteiger partial charge in [-0.05, 0) is 72.6 Å². The average Bonchev–Trinajstić information content (AvgIpc) is 3.15. The quantitative estimate of drug-likeness (QED) is 0.861. The molecule has 0 radical (unpaired) electrons. The fraction of sp³-hybridized carbons (Fsp3) is 0.455. The van der Waals surface area contributed by atoms with E-state index in [0.29, 0.717) is 23.5 Å². The van der Waals surface area contributed by atoms with Gasteiger partial charge in [0.1, 0.15) is 17.3 Å². The summed E-state index contributed by atoms with van der Waals surface area (Å²) in [6, 6.07) is 13.9. The summed E-state index contributed by atoms with van der Waals surface area (Å²) in [5.74, 6) is 2.73. The monoisotopic (exact) mass is 355 g/mol. The molecule has 26 heavy (non-hydrogen) atoms. The highest BCUT2D eigenvalue weighted by atomic mass is 19.1. The maximum atomic E-state index is 13.0. The third-order valence-corrected chi connectivity index (χ3v) is 5.89. The minimum atomic E-state index is -0.223. The highest BCUT2D eigenvalue weighted by molar-refractivity contribution is 5.28. The van der Waals surface area contributed by atoms with Crippen LogP contribution in [0.25, 0.3) is 0 Å². The van der Waals surface area contributed by atoms with Crippen molar-refractivity contribution in [3.8, 4) is 11.5 Å². The summed E-state index contributed by atoms with van der Waals surface area (Å²) in [6.45, 7) is 5.58. The predicted molar refractivity (Wildman–Crippen MR) is 100.0 cm³/mol. The van der Waals surface area contributed by atoms with Crippen LogP contribution in [0.3, 0.4) is 0 Å². The first-order valence-electron chi connectivity index (χ1n) is 9.50. The topological polar surface area (TPSA) is 32.7 Å². The van der Waals surface area contributed by atoms with E-state index in [2.05, 4.69) is 11.8 Å². The summed E-state index contributed by atoms with van der Waals surface area (Å²) in [6.07, 6.45) is 2.44. The Morgan fingerprint density at radius 1 is 1.04 bits per heavy atom. The first kappa shape index (κ1) is 17.3. The first-order valence-corrected chi connectivity index (χ1v) is 9.50. The molecule has 4 heteroatoms. The van der Waals surface area contributed by atoms with Crippen molar-refractivity contribution in [2.75, 3.05) is 19.6 Å². The van der Waals surface area contributed by atoms with Crippen LogP contribution in [-0.4, -0.2) is 35.7 Å². The van der Waals surface area contributed by atoms with E-state index in [9.17, 15) is 9.50 Å². The van der Waals surface area contributed by atoms with Gasteiger partial charge >= 0.3 is 0 Å². The summed E-state index contributed by atoms with van der Waals surface area (Å²) in [5, 5.41) is 9.43. The van der Waals surface area contributed by atoms with Crippen molar-refractivity contribution in [2.24, 2.45) is 11.8 Å². The minimum Gasteiger partial charge on any atom is -0.508 e. The van der Waals surface area contributed by atoms with Gasteiger partial charge in [-0.2, -0.15) is 0 Å². The van der Waals surface area contributed by atoms with Crippen molar-refractivity contribution in [1.29, 1.82) is 0 Å². The van der Waals surface area contributed by atoms with Gasteiger partial charge in [0.2, 0.25) is 0 Å². The maximum absolute atomic E-state index is 13.0. The predicted octanol–water partition coefficient (Wildman–Crippen LogP) is 4.42. The number of halogens is 1. The molecule has 3 unspecified atom stereocenters. The normalized spacial score (nSPS) is 26.6. The number of benzene rings is 2. The zero-order chi connectivity index (χ0) is 18.1. The number of phenolic OH excluding ortho intramolecular Hbond substituents is 1. The van der Waals surface area contributed by atoms with E-state index in [1.165, 1.54) is 17.7 Å². The van der Waals surface area contributed by atoms with Crippen molar-refractivity contribution in [3.05, 3.63) is 59.9 Å². The molecule has 1 saturated carbocycles. The fourth-order valence-corrected chi connectivity index (χ4v) is 4.59. The molecule has 0 amide bonds. The van der Waals surface area contributed by atoms with E-state index < -0.39 is 0 Å². The van der Waals surface area contributed by atoms with Gasteiger partial charge in [0.05, 0.1) is 6.10 Å². The standard InChI is InChI=1S/C22H26FNO2/c1-15(16-2-6-20(25)7-3-16)12-24-13-17-10-22(11-18(17)14-24)26-21-8-4-19(23)5-9-21/h2-9,15,17-18,22,25H,10-14H2,1H3. The highest BCUT2D eigenvalue weighted by Crippen LogP contribution is 2.40. The first-order chi connectivity index (χ1) is 12.6. The molecule has 2 aromatic rings. The van der Waals surface area contributed by atoms with Crippen LogP contribution in [0.4, 0.5) is 4.39 Å². The minimum absolute atomic E-state index is 0.223. The van der Waals surface area contributed by atoms with E-state index in [1.54, 1.807) is 24.3 Å². The molecule has 2 aromatic carbocycles. The van der Waals surface area contributed by atoms with E-state index >= 15 is 0 Å². The van der Waals surface area contributed by atoms with E-state index in [-0.39, 0.29) is 11.9 Å². The number of rotatable bonds is 5. The Kier molecular flexibility index (Phi) is 4.86. The molecular formula is C22H26FNO2. The van der Waals surface area contributed by atoms with Crippen molar-refractivity contribution in [3.63, 3.8) is 0 Å². The molecule has 1 saturated heterocycles. The number of aromatic hydroxyl groups is 1. The van der Waals surface area contributed by atoms with Crippen LogP contribution in [0, 0.1) is 17.7 Å². The van der Waals surface area contributed by atoms with Crippen LogP contribution in [0.5, 0.6) is 11.5 Å². The van der Waals surface area contributed by atoms with E-state index in [0.717, 1.165) is 38.2 Å². The summed E-state index contributed by atoms with van der Waals surface area (Å²) in [4.78, 5) is 2.57. The maximum Gasteiger partial charge on any atom is 0.123 e. The van der Waals surface area contributed by atoms with E-state index in [1.807, 2.05) is 12.1 Å². The molecular weight excluding hydrogens is 329 g/mol. The summed E-state index contributed by atoms with van der Waals surface area (Å²) >= 11 is 0.